The van der Waals surface area contributed by atoms with Crippen LogP contribution in [0.25, 0.3) is 67.5 Å². The average molecular weight is 720 g/mol. The van der Waals surface area contributed by atoms with Crippen LogP contribution in [-0.2, 0) is 5.41 Å². The lowest BCUT2D eigenvalue weighted by atomic mass is 9.67. The monoisotopic (exact) mass is 719 g/mol. The van der Waals surface area contributed by atoms with E-state index in [9.17, 15) is 4.39 Å². The zero-order valence-corrected chi connectivity index (χ0v) is 30.3. The van der Waals surface area contributed by atoms with Crippen LogP contribution in [0, 0.1) is 5.82 Å². The van der Waals surface area contributed by atoms with E-state index in [0.29, 0.717) is 23.0 Å². The molecule has 1 aromatic heterocycles. The van der Waals surface area contributed by atoms with Gasteiger partial charge in [-0.15, -0.1) is 0 Å². The summed E-state index contributed by atoms with van der Waals surface area (Å²) in [6.45, 7) is 0. The van der Waals surface area contributed by atoms with Crippen molar-refractivity contribution >= 4 is 0 Å². The second-order valence-electron chi connectivity index (χ2n) is 14.1. The van der Waals surface area contributed by atoms with E-state index in [1.165, 1.54) is 28.8 Å². The topological polar surface area (TPSA) is 38.7 Å². The fourth-order valence-corrected chi connectivity index (χ4v) is 8.33. The molecule has 0 spiro atoms. The molecule has 9 aromatic rings. The maximum Gasteiger partial charge on any atom is 0.164 e. The van der Waals surface area contributed by atoms with Crippen molar-refractivity contribution < 1.29 is 4.39 Å². The van der Waals surface area contributed by atoms with Crippen molar-refractivity contribution in [3.05, 3.63) is 234 Å². The Kier molecular flexibility index (Phi) is 8.23. The standard InChI is InChI=1S/C52H34FN3/c53-43-31-28-39(29-32-43)50-54-49(38-26-24-37(25-27-38)35-14-5-1-6-15-35)55-51(56-50)45-22-13-23-46-48(45)44-33-30-40(36-16-7-2-8-17-36)34-47(44)52(46,41-18-9-3-10-19-41)42-20-11-4-12-21-42/h1-34H. The van der Waals surface area contributed by atoms with Crippen molar-refractivity contribution in [2.24, 2.45) is 0 Å². The third-order valence-corrected chi connectivity index (χ3v) is 10.9. The summed E-state index contributed by atoms with van der Waals surface area (Å²) in [5.74, 6) is 1.25. The Hall–Kier alpha value is -7.30. The van der Waals surface area contributed by atoms with Gasteiger partial charge in [-0.2, -0.15) is 0 Å². The van der Waals surface area contributed by atoms with E-state index >= 15 is 0 Å². The molecule has 0 saturated heterocycles. The number of benzene rings is 8. The van der Waals surface area contributed by atoms with Crippen LogP contribution < -0.4 is 0 Å². The molecule has 0 amide bonds. The van der Waals surface area contributed by atoms with Gasteiger partial charge in [0.1, 0.15) is 5.82 Å². The Labute approximate surface area is 325 Å². The Bertz CT molecular complexity index is 2780. The molecular weight excluding hydrogens is 686 g/mol. The fraction of sp³-hybridized carbons (Fsp3) is 0.0192. The summed E-state index contributed by atoms with van der Waals surface area (Å²) in [4.78, 5) is 15.4. The van der Waals surface area contributed by atoms with Crippen LogP contribution in [0.3, 0.4) is 0 Å². The van der Waals surface area contributed by atoms with Gasteiger partial charge < -0.3 is 0 Å². The first kappa shape index (κ1) is 33.3. The first-order valence-electron chi connectivity index (χ1n) is 18.8. The van der Waals surface area contributed by atoms with Crippen molar-refractivity contribution in [2.45, 2.75) is 5.41 Å². The molecule has 0 radical (unpaired) electrons. The second-order valence-corrected chi connectivity index (χ2v) is 14.1. The van der Waals surface area contributed by atoms with Gasteiger partial charge in [-0.1, -0.05) is 176 Å². The summed E-state index contributed by atoms with van der Waals surface area (Å²) in [5, 5.41) is 0. The lowest BCUT2D eigenvalue weighted by molar-refractivity contribution is 0.628. The maximum absolute atomic E-state index is 14.2. The van der Waals surface area contributed by atoms with E-state index in [2.05, 4.69) is 164 Å². The number of nitrogens with zero attached hydrogens (tertiary/aromatic N) is 3. The van der Waals surface area contributed by atoms with Gasteiger partial charge in [0.05, 0.1) is 5.41 Å². The van der Waals surface area contributed by atoms with Gasteiger partial charge >= 0.3 is 0 Å². The predicted octanol–water partition coefficient (Wildman–Crippen LogP) is 12.7. The van der Waals surface area contributed by atoms with Gasteiger partial charge in [-0.25, -0.2) is 19.3 Å². The average Bonchev–Trinajstić information content (AvgIpc) is 3.58. The maximum atomic E-state index is 14.2. The van der Waals surface area contributed by atoms with E-state index in [-0.39, 0.29) is 5.82 Å². The van der Waals surface area contributed by atoms with E-state index < -0.39 is 5.41 Å². The number of fused-ring (bicyclic) bond motifs is 3. The first-order valence-corrected chi connectivity index (χ1v) is 18.8. The normalized spacial score (nSPS) is 12.5. The Morgan fingerprint density at radius 1 is 0.321 bits per heavy atom. The number of aromatic nitrogens is 3. The minimum atomic E-state index is -0.628. The zero-order valence-electron chi connectivity index (χ0n) is 30.3. The van der Waals surface area contributed by atoms with Crippen molar-refractivity contribution in [3.63, 3.8) is 0 Å². The molecule has 0 saturated carbocycles. The van der Waals surface area contributed by atoms with Crippen molar-refractivity contribution in [1.82, 2.24) is 15.0 Å². The van der Waals surface area contributed by atoms with Crippen LogP contribution in [0.1, 0.15) is 22.3 Å². The molecule has 1 heterocycles. The molecule has 264 valence electrons. The van der Waals surface area contributed by atoms with Crippen LogP contribution in [0.15, 0.2) is 206 Å². The van der Waals surface area contributed by atoms with E-state index in [0.717, 1.165) is 50.1 Å². The lowest BCUT2D eigenvalue weighted by Crippen LogP contribution is -2.28. The van der Waals surface area contributed by atoms with Crippen LogP contribution in [0.4, 0.5) is 4.39 Å². The minimum absolute atomic E-state index is 0.315. The van der Waals surface area contributed by atoms with Crippen LogP contribution in [0.5, 0.6) is 0 Å². The van der Waals surface area contributed by atoms with Gasteiger partial charge in [0, 0.05) is 16.7 Å². The highest BCUT2D eigenvalue weighted by Gasteiger charge is 2.47. The van der Waals surface area contributed by atoms with Gasteiger partial charge in [0.2, 0.25) is 0 Å². The van der Waals surface area contributed by atoms with Crippen LogP contribution >= 0.6 is 0 Å². The second kappa shape index (κ2) is 13.8. The summed E-state index contributed by atoms with van der Waals surface area (Å²) in [7, 11) is 0. The summed E-state index contributed by atoms with van der Waals surface area (Å²) in [5.41, 5.74) is 13.3. The fourth-order valence-electron chi connectivity index (χ4n) is 8.33. The molecule has 4 heteroatoms. The molecule has 1 aliphatic rings. The SMILES string of the molecule is Fc1ccc(-c2nc(-c3ccc(-c4ccccc4)cc3)nc(-c3cccc4c3-c3ccc(-c5ccccc5)cc3C4(c3ccccc3)c3ccccc3)n2)cc1. The number of halogens is 1. The number of hydrogen-bond acceptors (Lipinski definition) is 3. The van der Waals surface area contributed by atoms with Gasteiger partial charge in [0.25, 0.3) is 0 Å². The lowest BCUT2D eigenvalue weighted by Gasteiger charge is -2.34. The molecule has 0 fully saturated rings. The van der Waals surface area contributed by atoms with Crippen molar-refractivity contribution in [3.8, 4) is 67.5 Å². The third-order valence-electron chi connectivity index (χ3n) is 10.9. The van der Waals surface area contributed by atoms with Gasteiger partial charge in [-0.05, 0) is 86.0 Å². The summed E-state index contributed by atoms with van der Waals surface area (Å²) < 4.78 is 14.2. The van der Waals surface area contributed by atoms with Gasteiger partial charge in [0.15, 0.2) is 17.5 Å². The molecule has 0 aliphatic heterocycles. The molecule has 0 atom stereocenters. The van der Waals surface area contributed by atoms with E-state index in [1.807, 2.05) is 18.2 Å². The molecule has 0 N–H and O–H groups in total. The summed E-state index contributed by atoms with van der Waals surface area (Å²) >= 11 is 0. The van der Waals surface area contributed by atoms with Crippen molar-refractivity contribution in [2.75, 3.05) is 0 Å². The summed E-state index contributed by atoms with van der Waals surface area (Å²) in [6.07, 6.45) is 0. The Morgan fingerprint density at radius 2 is 0.768 bits per heavy atom. The third kappa shape index (κ3) is 5.62. The quantitative estimate of drug-likeness (QED) is 0.165. The van der Waals surface area contributed by atoms with E-state index in [4.69, 9.17) is 15.0 Å². The highest BCUT2D eigenvalue weighted by atomic mass is 19.1. The van der Waals surface area contributed by atoms with Crippen molar-refractivity contribution in [1.29, 1.82) is 0 Å². The molecule has 8 aromatic carbocycles. The van der Waals surface area contributed by atoms with Gasteiger partial charge in [-0.3, -0.25) is 0 Å². The minimum Gasteiger partial charge on any atom is -0.208 e. The highest BCUT2D eigenvalue weighted by molar-refractivity contribution is 5.95. The van der Waals surface area contributed by atoms with Crippen LogP contribution in [-0.4, -0.2) is 15.0 Å². The predicted molar refractivity (Wildman–Crippen MR) is 224 cm³/mol. The van der Waals surface area contributed by atoms with Crippen LogP contribution in [0.2, 0.25) is 0 Å². The molecule has 3 nitrogen and oxygen atoms in total. The zero-order chi connectivity index (χ0) is 37.5. The molecule has 10 rings (SSSR count). The molecule has 1 aliphatic carbocycles. The Morgan fingerprint density at radius 3 is 1.34 bits per heavy atom. The number of rotatable bonds is 7. The molecule has 56 heavy (non-hydrogen) atoms. The summed E-state index contributed by atoms with van der Waals surface area (Å²) in [6, 6.07) is 70.4. The van der Waals surface area contributed by atoms with E-state index in [1.54, 1.807) is 12.1 Å². The molecular formula is C52H34FN3. The molecule has 0 bridgehead atoms. The Balaban J connectivity index is 1.24. The largest absolute Gasteiger partial charge is 0.208 e. The molecule has 0 unspecified atom stereocenters. The first-order chi connectivity index (χ1) is 27.7. The smallest absolute Gasteiger partial charge is 0.164 e. The number of hydrogen-bond donors (Lipinski definition) is 0. The highest BCUT2D eigenvalue weighted by Crippen LogP contribution is 2.58.